The number of ether oxygens (including phenoxy) is 1. The second-order valence-electron chi connectivity index (χ2n) is 4.99. The van der Waals surface area contributed by atoms with E-state index in [9.17, 15) is 0 Å². The Morgan fingerprint density at radius 3 is 3.11 bits per heavy atom. The summed E-state index contributed by atoms with van der Waals surface area (Å²) in [5, 5.41) is 1.03. The van der Waals surface area contributed by atoms with Gasteiger partial charge in [-0.2, -0.15) is 0 Å². The topological polar surface area (TPSA) is 64.3 Å². The van der Waals surface area contributed by atoms with Gasteiger partial charge in [0.25, 0.3) is 0 Å². The van der Waals surface area contributed by atoms with E-state index in [1.165, 1.54) is 0 Å². The van der Waals surface area contributed by atoms with E-state index in [1.807, 2.05) is 25.2 Å². The molecule has 0 radical (unpaired) electrons. The highest BCUT2D eigenvalue weighted by Gasteiger charge is 2.19. The zero-order chi connectivity index (χ0) is 13.2. The fourth-order valence-electron chi connectivity index (χ4n) is 2.54. The SMILES string of the molecule is CN(CC1CCCO1)c1ncnc2cc(N)ccc12. The molecule has 0 bridgehead atoms. The van der Waals surface area contributed by atoms with Gasteiger partial charge in [-0.05, 0) is 31.0 Å². The minimum Gasteiger partial charge on any atom is -0.399 e. The summed E-state index contributed by atoms with van der Waals surface area (Å²) in [6.45, 7) is 1.73. The first kappa shape index (κ1) is 12.2. The van der Waals surface area contributed by atoms with Crippen LogP contribution in [0.15, 0.2) is 24.5 Å². The Balaban J connectivity index is 1.90. The van der Waals surface area contributed by atoms with Crippen molar-refractivity contribution in [2.45, 2.75) is 18.9 Å². The summed E-state index contributed by atoms with van der Waals surface area (Å²) in [6.07, 6.45) is 4.17. The van der Waals surface area contributed by atoms with E-state index in [2.05, 4.69) is 14.9 Å². The summed E-state index contributed by atoms with van der Waals surface area (Å²) in [4.78, 5) is 10.8. The fourth-order valence-corrected chi connectivity index (χ4v) is 2.54. The summed E-state index contributed by atoms with van der Waals surface area (Å²) in [7, 11) is 2.04. The third-order valence-electron chi connectivity index (χ3n) is 3.50. The summed E-state index contributed by atoms with van der Waals surface area (Å²) < 4.78 is 5.67. The monoisotopic (exact) mass is 258 g/mol. The van der Waals surface area contributed by atoms with Crippen LogP contribution >= 0.6 is 0 Å². The Kier molecular flexibility index (Phi) is 3.21. The number of anilines is 2. The second kappa shape index (κ2) is 5.01. The molecule has 2 aromatic rings. The van der Waals surface area contributed by atoms with Crippen molar-refractivity contribution in [1.82, 2.24) is 9.97 Å². The van der Waals surface area contributed by atoms with Crippen LogP contribution < -0.4 is 10.6 Å². The molecule has 19 heavy (non-hydrogen) atoms. The van der Waals surface area contributed by atoms with Gasteiger partial charge in [0.05, 0.1) is 11.6 Å². The highest BCUT2D eigenvalue weighted by atomic mass is 16.5. The molecule has 1 aliphatic heterocycles. The molecule has 0 spiro atoms. The quantitative estimate of drug-likeness (QED) is 0.851. The number of rotatable bonds is 3. The van der Waals surface area contributed by atoms with Gasteiger partial charge in [0.2, 0.25) is 0 Å². The Morgan fingerprint density at radius 1 is 1.42 bits per heavy atom. The Morgan fingerprint density at radius 2 is 2.32 bits per heavy atom. The predicted octanol–water partition coefficient (Wildman–Crippen LogP) is 1.83. The maximum absolute atomic E-state index is 5.79. The van der Waals surface area contributed by atoms with Crippen molar-refractivity contribution >= 4 is 22.4 Å². The van der Waals surface area contributed by atoms with Crippen LogP contribution in [0.2, 0.25) is 0 Å². The predicted molar refractivity (Wildman–Crippen MR) is 76.2 cm³/mol. The zero-order valence-electron chi connectivity index (χ0n) is 11.0. The van der Waals surface area contributed by atoms with E-state index in [4.69, 9.17) is 10.5 Å². The lowest BCUT2D eigenvalue weighted by molar-refractivity contribution is 0.116. The van der Waals surface area contributed by atoms with Crippen LogP contribution in [0, 0.1) is 0 Å². The lowest BCUT2D eigenvalue weighted by Crippen LogP contribution is -2.29. The number of aromatic nitrogens is 2. The molecular formula is C14H18N4O. The van der Waals surface area contributed by atoms with Gasteiger partial charge in [-0.15, -0.1) is 0 Å². The maximum Gasteiger partial charge on any atom is 0.139 e. The number of nitrogens with two attached hydrogens (primary N) is 1. The van der Waals surface area contributed by atoms with Gasteiger partial charge in [-0.1, -0.05) is 0 Å². The highest BCUT2D eigenvalue weighted by Crippen LogP contribution is 2.25. The van der Waals surface area contributed by atoms with Gasteiger partial charge in [0, 0.05) is 31.3 Å². The number of hydrogen-bond donors (Lipinski definition) is 1. The van der Waals surface area contributed by atoms with Crippen LogP contribution in [0.1, 0.15) is 12.8 Å². The first-order chi connectivity index (χ1) is 9.24. The van der Waals surface area contributed by atoms with Crippen LogP contribution in [-0.2, 0) is 4.74 Å². The van der Waals surface area contributed by atoms with Gasteiger partial charge in [0.1, 0.15) is 12.1 Å². The Bertz CT molecular complexity index is 581. The molecule has 0 saturated carbocycles. The highest BCUT2D eigenvalue weighted by molar-refractivity contribution is 5.91. The number of likely N-dealkylation sites (N-methyl/N-ethyl adjacent to an activating group) is 1. The van der Waals surface area contributed by atoms with Crippen LogP contribution in [0.5, 0.6) is 0 Å². The van der Waals surface area contributed by atoms with Crippen molar-refractivity contribution < 1.29 is 4.74 Å². The van der Waals surface area contributed by atoms with E-state index < -0.39 is 0 Å². The van der Waals surface area contributed by atoms with Crippen molar-refractivity contribution in [2.24, 2.45) is 0 Å². The summed E-state index contributed by atoms with van der Waals surface area (Å²) in [5.74, 6) is 0.931. The van der Waals surface area contributed by atoms with Crippen LogP contribution in [0.3, 0.4) is 0 Å². The number of benzene rings is 1. The fraction of sp³-hybridized carbons (Fsp3) is 0.429. The molecule has 1 aliphatic rings. The molecule has 1 unspecified atom stereocenters. The van der Waals surface area contributed by atoms with E-state index in [-0.39, 0.29) is 0 Å². The lowest BCUT2D eigenvalue weighted by atomic mass is 10.2. The molecule has 5 nitrogen and oxygen atoms in total. The van der Waals surface area contributed by atoms with Gasteiger partial charge in [-0.3, -0.25) is 0 Å². The normalized spacial score (nSPS) is 18.9. The minimum absolute atomic E-state index is 0.309. The van der Waals surface area contributed by atoms with E-state index in [0.29, 0.717) is 6.10 Å². The third kappa shape index (κ3) is 2.46. The molecule has 1 fully saturated rings. The molecule has 1 atom stereocenters. The zero-order valence-corrected chi connectivity index (χ0v) is 11.0. The summed E-state index contributed by atoms with van der Waals surface area (Å²) in [5.41, 5.74) is 7.39. The molecule has 100 valence electrons. The van der Waals surface area contributed by atoms with Crippen molar-refractivity contribution in [3.63, 3.8) is 0 Å². The first-order valence-corrected chi connectivity index (χ1v) is 6.57. The summed E-state index contributed by atoms with van der Waals surface area (Å²) >= 11 is 0. The number of hydrogen-bond acceptors (Lipinski definition) is 5. The van der Waals surface area contributed by atoms with Crippen LogP contribution in [-0.4, -0.2) is 36.3 Å². The molecule has 2 N–H and O–H groups in total. The molecule has 0 aliphatic carbocycles. The standard InChI is InChI=1S/C14H18N4O/c1-18(8-11-3-2-6-19-11)14-12-5-4-10(15)7-13(12)16-9-17-14/h4-5,7,9,11H,2-3,6,8,15H2,1H3. The third-order valence-corrected chi connectivity index (χ3v) is 3.50. The summed E-state index contributed by atoms with van der Waals surface area (Å²) in [6, 6.07) is 5.74. The number of nitrogen functional groups attached to an aromatic ring is 1. The van der Waals surface area contributed by atoms with Gasteiger partial charge >= 0.3 is 0 Å². The molecule has 0 amide bonds. The molecule has 1 saturated heterocycles. The lowest BCUT2D eigenvalue weighted by Gasteiger charge is -2.22. The number of fused-ring (bicyclic) bond motifs is 1. The van der Waals surface area contributed by atoms with E-state index in [1.54, 1.807) is 6.33 Å². The molecule has 1 aromatic heterocycles. The maximum atomic E-state index is 5.79. The van der Waals surface area contributed by atoms with E-state index >= 15 is 0 Å². The minimum atomic E-state index is 0.309. The van der Waals surface area contributed by atoms with Gasteiger partial charge in [-0.25, -0.2) is 9.97 Å². The molecular weight excluding hydrogens is 240 g/mol. The van der Waals surface area contributed by atoms with Gasteiger partial charge < -0.3 is 15.4 Å². The average Bonchev–Trinajstić information content (AvgIpc) is 2.90. The van der Waals surface area contributed by atoms with Crippen molar-refractivity contribution in [3.05, 3.63) is 24.5 Å². The smallest absolute Gasteiger partial charge is 0.139 e. The Labute approximate surface area is 112 Å². The largest absolute Gasteiger partial charge is 0.399 e. The van der Waals surface area contributed by atoms with Crippen molar-refractivity contribution in [1.29, 1.82) is 0 Å². The van der Waals surface area contributed by atoms with Gasteiger partial charge in [0.15, 0.2) is 0 Å². The average molecular weight is 258 g/mol. The molecule has 3 rings (SSSR count). The Hall–Kier alpha value is -1.88. The molecule has 1 aromatic carbocycles. The molecule has 2 heterocycles. The van der Waals surface area contributed by atoms with Crippen LogP contribution in [0.4, 0.5) is 11.5 Å². The molecule has 5 heteroatoms. The van der Waals surface area contributed by atoms with E-state index in [0.717, 1.165) is 48.4 Å². The first-order valence-electron chi connectivity index (χ1n) is 6.57. The number of nitrogens with zero attached hydrogens (tertiary/aromatic N) is 3. The van der Waals surface area contributed by atoms with Crippen molar-refractivity contribution in [2.75, 3.05) is 30.8 Å². The second-order valence-corrected chi connectivity index (χ2v) is 4.99. The van der Waals surface area contributed by atoms with Crippen LogP contribution in [0.25, 0.3) is 10.9 Å². The van der Waals surface area contributed by atoms with Crippen molar-refractivity contribution in [3.8, 4) is 0 Å².